The fraction of sp³-hybridized carbons (Fsp3) is 0.761. The standard InChI is InChI=1S/C46H68N4O19/c1-43(2,3)69-41(55)47-20-26-33-34(64-44(4,5)63-33)30(60-26)24(50-42(56)59-21-22-15-13-12-14-16-22)18-28(52)48-23(31-35-37(39(57-10)61-31)67-45(6,7)65-35)17-27(51)49-25(19-29(53)54)32-36-38(40(58-11)62-32)68-46(8,9)66-36/h12-16,23-26,30-40H,17-21H2,1-11H3,(H,47,55)(H,48,52)(H,49,51)(H,50,56)(H,53,54)/t23-,24+,25+,26-,30-,31-,32-,33-,34+,35+,36+,37+,38+,39+,40+/m1/s1. The summed E-state index contributed by atoms with van der Waals surface area (Å²) in [4.78, 5) is 67.6. The first-order chi connectivity index (χ1) is 32.3. The van der Waals surface area contributed by atoms with E-state index in [-0.39, 0.29) is 13.2 Å². The van der Waals surface area contributed by atoms with E-state index in [1.807, 2.05) is 6.07 Å². The van der Waals surface area contributed by atoms with Gasteiger partial charge < -0.3 is 88.0 Å². The number of fused-ring (bicyclic) bond motifs is 3. The Morgan fingerprint density at radius 3 is 1.52 bits per heavy atom. The molecule has 6 saturated heterocycles. The zero-order valence-electron chi connectivity index (χ0n) is 40.9. The molecule has 23 nitrogen and oxygen atoms in total. The lowest BCUT2D eigenvalue weighted by molar-refractivity contribution is -0.230. The van der Waals surface area contributed by atoms with Gasteiger partial charge in [-0.1, -0.05) is 30.3 Å². The average molecular weight is 981 g/mol. The van der Waals surface area contributed by atoms with Crippen molar-refractivity contribution < 1.29 is 90.7 Å². The van der Waals surface area contributed by atoms with Gasteiger partial charge in [0.1, 0.15) is 73.2 Å². The van der Waals surface area contributed by atoms with Crippen molar-refractivity contribution in [1.29, 1.82) is 0 Å². The number of ether oxygens (including phenoxy) is 13. The number of methoxy groups -OCH3 is 2. The lowest BCUT2D eigenvalue weighted by Gasteiger charge is -2.32. The van der Waals surface area contributed by atoms with Gasteiger partial charge in [-0.05, 0) is 67.9 Å². The van der Waals surface area contributed by atoms with Gasteiger partial charge in [-0.25, -0.2) is 9.59 Å². The lowest BCUT2D eigenvalue weighted by Crippen LogP contribution is -2.56. The highest BCUT2D eigenvalue weighted by molar-refractivity contribution is 5.81. The number of carbonyl (C=O) groups is 5. The molecule has 5 N–H and O–H groups in total. The van der Waals surface area contributed by atoms with Crippen LogP contribution in [0.2, 0.25) is 0 Å². The highest BCUT2D eigenvalue weighted by atomic mass is 16.8. The van der Waals surface area contributed by atoms with E-state index >= 15 is 0 Å². The van der Waals surface area contributed by atoms with Crippen molar-refractivity contribution in [3.05, 3.63) is 35.9 Å². The van der Waals surface area contributed by atoms with Crippen molar-refractivity contribution in [3.8, 4) is 0 Å². The summed E-state index contributed by atoms with van der Waals surface area (Å²) in [6, 6.07) is 5.50. The summed E-state index contributed by atoms with van der Waals surface area (Å²) < 4.78 is 78.1. The predicted octanol–water partition coefficient (Wildman–Crippen LogP) is 2.10. The third-order valence-corrected chi connectivity index (χ3v) is 12.2. The van der Waals surface area contributed by atoms with Crippen molar-refractivity contribution in [2.45, 2.75) is 203 Å². The largest absolute Gasteiger partial charge is 0.481 e. The molecular weight excluding hydrogens is 913 g/mol. The molecule has 6 heterocycles. The third-order valence-electron chi connectivity index (χ3n) is 12.2. The molecule has 15 atom stereocenters. The highest BCUT2D eigenvalue weighted by Crippen LogP contribution is 2.43. The Balaban J connectivity index is 1.14. The molecule has 0 radical (unpaired) electrons. The predicted molar refractivity (Wildman–Crippen MR) is 235 cm³/mol. The molecule has 0 unspecified atom stereocenters. The molecular formula is C46H68N4O19. The third kappa shape index (κ3) is 13.0. The van der Waals surface area contributed by atoms with Crippen LogP contribution in [0.25, 0.3) is 0 Å². The van der Waals surface area contributed by atoms with Gasteiger partial charge in [0.25, 0.3) is 0 Å². The minimum atomic E-state index is -1.23. The van der Waals surface area contributed by atoms with Gasteiger partial charge in [0.05, 0.1) is 24.5 Å². The number of carboxylic acids is 1. The monoisotopic (exact) mass is 980 g/mol. The van der Waals surface area contributed by atoms with Crippen LogP contribution in [0, 0.1) is 0 Å². The molecule has 6 aliphatic heterocycles. The molecule has 6 fully saturated rings. The second-order valence-electron chi connectivity index (χ2n) is 20.3. The number of amides is 4. The lowest BCUT2D eigenvalue weighted by atomic mass is 9.97. The number of aliphatic carboxylic acids is 1. The minimum Gasteiger partial charge on any atom is -0.481 e. The zero-order valence-corrected chi connectivity index (χ0v) is 40.9. The number of carboxylic acid groups (broad SMARTS) is 1. The van der Waals surface area contributed by atoms with Crippen LogP contribution in [-0.2, 0) is 82.6 Å². The molecule has 7 rings (SSSR count). The van der Waals surface area contributed by atoms with Crippen LogP contribution in [0.15, 0.2) is 30.3 Å². The minimum absolute atomic E-state index is 0.0690. The first-order valence-electron chi connectivity index (χ1n) is 23.2. The van der Waals surface area contributed by atoms with Gasteiger partial charge >= 0.3 is 18.2 Å². The van der Waals surface area contributed by atoms with Gasteiger partial charge in [-0.15, -0.1) is 0 Å². The van der Waals surface area contributed by atoms with Crippen LogP contribution in [0.5, 0.6) is 0 Å². The van der Waals surface area contributed by atoms with E-state index in [0.29, 0.717) is 5.56 Å². The summed E-state index contributed by atoms with van der Waals surface area (Å²) in [7, 11) is 2.83. The molecule has 0 aliphatic carbocycles. The molecule has 0 saturated carbocycles. The van der Waals surface area contributed by atoms with Crippen molar-refractivity contribution in [3.63, 3.8) is 0 Å². The Morgan fingerprint density at radius 1 is 0.609 bits per heavy atom. The molecule has 23 heteroatoms. The normalized spacial score (nSPS) is 33.8. The fourth-order valence-corrected chi connectivity index (χ4v) is 9.69. The number of rotatable bonds is 18. The van der Waals surface area contributed by atoms with E-state index in [1.165, 1.54) is 14.2 Å². The Labute approximate surface area is 400 Å². The van der Waals surface area contributed by atoms with Gasteiger partial charge in [0.2, 0.25) is 11.8 Å². The topological polar surface area (TPSA) is 274 Å². The number of hydrogen-bond donors (Lipinski definition) is 5. The van der Waals surface area contributed by atoms with Crippen LogP contribution >= 0.6 is 0 Å². The summed E-state index contributed by atoms with van der Waals surface area (Å²) in [6.45, 7) is 15.3. The van der Waals surface area contributed by atoms with Gasteiger partial charge in [0.15, 0.2) is 29.9 Å². The van der Waals surface area contributed by atoms with Crippen LogP contribution < -0.4 is 21.3 Å². The summed E-state index contributed by atoms with van der Waals surface area (Å²) in [6.07, 6.45) is -13.6. The van der Waals surface area contributed by atoms with Gasteiger partial charge in [-0.3, -0.25) is 14.4 Å². The summed E-state index contributed by atoms with van der Waals surface area (Å²) in [5, 5.41) is 21.3. The molecule has 0 bridgehead atoms. The smallest absolute Gasteiger partial charge is 0.407 e. The maximum atomic E-state index is 14.6. The maximum Gasteiger partial charge on any atom is 0.407 e. The van der Waals surface area contributed by atoms with Crippen LogP contribution in [0.1, 0.15) is 87.1 Å². The summed E-state index contributed by atoms with van der Waals surface area (Å²) in [5.41, 5.74) is -0.0622. The van der Waals surface area contributed by atoms with Crippen molar-refractivity contribution in [2.24, 2.45) is 0 Å². The van der Waals surface area contributed by atoms with Gasteiger partial charge in [0, 0.05) is 33.6 Å². The summed E-state index contributed by atoms with van der Waals surface area (Å²) >= 11 is 0. The zero-order chi connectivity index (χ0) is 50.2. The van der Waals surface area contributed by atoms with Crippen molar-refractivity contribution >= 4 is 30.0 Å². The SMILES string of the molecule is CO[C@H]1O[C@H]([C@H](CC(=O)O)NC(=O)C[C@@H](NC(=O)C[C@H](NC(=O)OCc2ccccc2)[C@H]2O[C@H](CNC(=O)OC(C)(C)C)[C@H]3OC(C)(C)O[C@@H]23)[C@H]2O[C@H](OC)[C@H]3OC(C)(C)O[C@H]32)[C@@H]2OC(C)(C)O[C@H]12. The fourth-order valence-electron chi connectivity index (χ4n) is 9.69. The van der Waals surface area contributed by atoms with Crippen molar-refractivity contribution in [1.82, 2.24) is 21.3 Å². The second kappa shape index (κ2) is 20.8. The average Bonchev–Trinajstić information content (AvgIpc) is 4.06. The second-order valence-corrected chi connectivity index (χ2v) is 20.3. The first-order valence-corrected chi connectivity index (χ1v) is 23.2. The first kappa shape index (κ1) is 52.6. The van der Waals surface area contributed by atoms with Crippen LogP contribution in [0.4, 0.5) is 9.59 Å². The molecule has 4 amide bonds. The molecule has 69 heavy (non-hydrogen) atoms. The number of nitrogens with one attached hydrogen (secondary N) is 4. The van der Waals surface area contributed by atoms with E-state index in [0.717, 1.165) is 0 Å². The van der Waals surface area contributed by atoms with E-state index < -0.39 is 164 Å². The quantitative estimate of drug-likeness (QED) is 0.141. The van der Waals surface area contributed by atoms with Gasteiger partial charge in [-0.2, -0.15) is 0 Å². The Bertz CT molecular complexity index is 2000. The van der Waals surface area contributed by atoms with Crippen LogP contribution in [-0.4, -0.2) is 171 Å². The number of benzene rings is 1. The Kier molecular flexibility index (Phi) is 15.9. The summed E-state index contributed by atoms with van der Waals surface area (Å²) in [5.74, 6) is -5.86. The number of hydrogen-bond acceptors (Lipinski definition) is 18. The molecule has 0 spiro atoms. The maximum absolute atomic E-state index is 14.6. The van der Waals surface area contributed by atoms with E-state index in [9.17, 15) is 29.1 Å². The molecule has 1 aromatic carbocycles. The van der Waals surface area contributed by atoms with E-state index in [2.05, 4.69) is 21.3 Å². The number of alkyl carbamates (subject to hydrolysis) is 2. The van der Waals surface area contributed by atoms with E-state index in [1.54, 1.807) is 86.6 Å². The van der Waals surface area contributed by atoms with E-state index in [4.69, 9.17) is 61.6 Å². The molecule has 1 aromatic rings. The highest BCUT2D eigenvalue weighted by Gasteiger charge is 2.61. The number of carbonyl (C=O) groups excluding carboxylic acids is 4. The molecule has 0 aromatic heterocycles. The Morgan fingerprint density at radius 2 is 1.04 bits per heavy atom. The van der Waals surface area contributed by atoms with Crippen molar-refractivity contribution in [2.75, 3.05) is 20.8 Å². The van der Waals surface area contributed by atoms with Crippen LogP contribution in [0.3, 0.4) is 0 Å². The molecule has 386 valence electrons. The Hall–Kier alpha value is -4.27. The molecule has 6 aliphatic rings.